The summed E-state index contributed by atoms with van der Waals surface area (Å²) in [5.74, 6) is 0. The van der Waals surface area contributed by atoms with Crippen LogP contribution in [0.3, 0.4) is 0 Å². The van der Waals surface area contributed by atoms with Crippen molar-refractivity contribution in [3.63, 3.8) is 0 Å². The molecule has 0 saturated carbocycles. The first-order chi connectivity index (χ1) is 10.2. The van der Waals surface area contributed by atoms with Crippen molar-refractivity contribution in [2.45, 2.75) is 45.3 Å². The summed E-state index contributed by atoms with van der Waals surface area (Å²) in [5, 5.41) is 3.60. The molecule has 3 nitrogen and oxygen atoms in total. The lowest BCUT2D eigenvalue weighted by atomic mass is 10.0. The minimum absolute atomic E-state index is 0.356. The fourth-order valence-electron chi connectivity index (χ4n) is 2.98. The maximum Gasteiger partial charge on any atom is 0.0746 e. The van der Waals surface area contributed by atoms with Gasteiger partial charge in [-0.2, -0.15) is 0 Å². The average Bonchev–Trinajstić information content (AvgIpc) is 2.52. The normalized spacial score (nSPS) is 20.6. The largest absolute Gasteiger partial charge is 0.380 e. The van der Waals surface area contributed by atoms with Crippen molar-refractivity contribution in [1.29, 1.82) is 0 Å². The van der Waals surface area contributed by atoms with Gasteiger partial charge < -0.3 is 15.0 Å². The average molecular weight is 355 g/mol. The number of anilines is 1. The summed E-state index contributed by atoms with van der Waals surface area (Å²) < 4.78 is 6.71. The smallest absolute Gasteiger partial charge is 0.0746 e. The highest BCUT2D eigenvalue weighted by Gasteiger charge is 2.23. The number of rotatable bonds is 6. The lowest BCUT2D eigenvalue weighted by Gasteiger charge is -2.36. The van der Waals surface area contributed by atoms with Crippen molar-refractivity contribution in [3.05, 3.63) is 28.2 Å². The summed E-state index contributed by atoms with van der Waals surface area (Å²) in [4.78, 5) is 2.48. The number of benzene rings is 1. The fourth-order valence-corrected chi connectivity index (χ4v) is 3.36. The van der Waals surface area contributed by atoms with E-state index < -0.39 is 0 Å². The highest BCUT2D eigenvalue weighted by atomic mass is 79.9. The Hall–Kier alpha value is -0.580. The Bertz CT molecular complexity index is 452. The molecule has 4 heteroatoms. The van der Waals surface area contributed by atoms with Crippen LogP contribution in [0.4, 0.5) is 5.69 Å². The number of hydrogen-bond acceptors (Lipinski definition) is 3. The molecule has 1 saturated heterocycles. The van der Waals surface area contributed by atoms with Gasteiger partial charge >= 0.3 is 0 Å². The first-order valence-electron chi connectivity index (χ1n) is 7.96. The standard InChI is InChI=1S/C17H27BrN2O/c1-4-9-19-13(2)16-11-14(18)7-8-17(16)20-10-5-6-15(12-20)21-3/h7-8,11,13,15,19H,4-6,9-10,12H2,1-3H3. The maximum atomic E-state index is 5.57. The van der Waals surface area contributed by atoms with E-state index in [1.807, 2.05) is 7.11 Å². The third kappa shape index (κ3) is 4.44. The Labute approximate surface area is 137 Å². The third-order valence-electron chi connectivity index (χ3n) is 4.21. The predicted octanol–water partition coefficient (Wildman–Crippen LogP) is 4.12. The summed E-state index contributed by atoms with van der Waals surface area (Å²) in [6.07, 6.45) is 3.88. The molecular weight excluding hydrogens is 328 g/mol. The number of nitrogens with one attached hydrogen (secondary N) is 1. The maximum absolute atomic E-state index is 5.57. The molecule has 2 unspecified atom stereocenters. The molecule has 1 aliphatic heterocycles. The Balaban J connectivity index is 2.21. The van der Waals surface area contributed by atoms with Crippen molar-refractivity contribution in [2.75, 3.05) is 31.6 Å². The molecule has 1 heterocycles. The fraction of sp³-hybridized carbons (Fsp3) is 0.647. The van der Waals surface area contributed by atoms with Gasteiger partial charge in [0, 0.05) is 36.4 Å². The minimum Gasteiger partial charge on any atom is -0.380 e. The lowest BCUT2D eigenvalue weighted by molar-refractivity contribution is 0.0893. The van der Waals surface area contributed by atoms with Crippen LogP contribution in [-0.4, -0.2) is 32.8 Å². The highest BCUT2D eigenvalue weighted by Crippen LogP contribution is 2.31. The van der Waals surface area contributed by atoms with Crippen molar-refractivity contribution in [3.8, 4) is 0 Å². The van der Waals surface area contributed by atoms with Crippen LogP contribution in [0.1, 0.15) is 44.7 Å². The molecule has 0 spiro atoms. The molecule has 0 amide bonds. The molecule has 0 aliphatic carbocycles. The Morgan fingerprint density at radius 3 is 3.00 bits per heavy atom. The van der Waals surface area contributed by atoms with E-state index in [1.165, 1.54) is 24.1 Å². The second kappa shape index (κ2) is 8.16. The van der Waals surface area contributed by atoms with Gasteiger partial charge in [-0.1, -0.05) is 22.9 Å². The van der Waals surface area contributed by atoms with Gasteiger partial charge in [0.15, 0.2) is 0 Å². The van der Waals surface area contributed by atoms with Crippen molar-refractivity contribution >= 4 is 21.6 Å². The van der Waals surface area contributed by atoms with Gasteiger partial charge in [-0.15, -0.1) is 0 Å². The number of hydrogen-bond donors (Lipinski definition) is 1. The lowest BCUT2D eigenvalue weighted by Crippen LogP contribution is -2.40. The van der Waals surface area contributed by atoms with E-state index >= 15 is 0 Å². The highest BCUT2D eigenvalue weighted by molar-refractivity contribution is 9.10. The molecule has 2 rings (SSSR count). The van der Waals surface area contributed by atoms with Gasteiger partial charge in [0.2, 0.25) is 0 Å². The first-order valence-corrected chi connectivity index (χ1v) is 8.75. The van der Waals surface area contributed by atoms with Crippen LogP contribution >= 0.6 is 15.9 Å². The monoisotopic (exact) mass is 354 g/mol. The van der Waals surface area contributed by atoms with Crippen LogP contribution in [0, 0.1) is 0 Å². The summed E-state index contributed by atoms with van der Waals surface area (Å²) in [7, 11) is 1.82. The predicted molar refractivity (Wildman–Crippen MR) is 93.1 cm³/mol. The molecule has 118 valence electrons. The van der Waals surface area contributed by atoms with Crippen LogP contribution in [-0.2, 0) is 4.74 Å². The molecule has 2 atom stereocenters. The zero-order chi connectivity index (χ0) is 15.2. The number of piperidine rings is 1. The van der Waals surface area contributed by atoms with E-state index in [4.69, 9.17) is 4.74 Å². The van der Waals surface area contributed by atoms with E-state index in [0.717, 1.165) is 30.5 Å². The number of halogens is 1. The van der Waals surface area contributed by atoms with Gasteiger partial charge in [0.25, 0.3) is 0 Å². The van der Waals surface area contributed by atoms with Crippen LogP contribution in [0.5, 0.6) is 0 Å². The van der Waals surface area contributed by atoms with Crippen LogP contribution in [0.25, 0.3) is 0 Å². The van der Waals surface area contributed by atoms with E-state index in [-0.39, 0.29) is 0 Å². The zero-order valence-electron chi connectivity index (χ0n) is 13.4. The second-order valence-corrected chi connectivity index (χ2v) is 6.74. The van der Waals surface area contributed by atoms with Gasteiger partial charge in [0.1, 0.15) is 0 Å². The van der Waals surface area contributed by atoms with E-state index in [9.17, 15) is 0 Å². The molecule has 1 fully saturated rings. The number of methoxy groups -OCH3 is 1. The van der Waals surface area contributed by atoms with E-state index in [1.54, 1.807) is 0 Å². The van der Waals surface area contributed by atoms with Gasteiger partial charge in [-0.3, -0.25) is 0 Å². The molecule has 21 heavy (non-hydrogen) atoms. The summed E-state index contributed by atoms with van der Waals surface area (Å²) in [5.41, 5.74) is 2.71. The van der Waals surface area contributed by atoms with Gasteiger partial charge in [0.05, 0.1) is 6.10 Å². The molecule has 1 aromatic carbocycles. The van der Waals surface area contributed by atoms with Crippen LogP contribution in [0.15, 0.2) is 22.7 Å². The summed E-state index contributed by atoms with van der Waals surface area (Å²) in [6.45, 7) is 7.61. The SMILES string of the molecule is CCCNC(C)c1cc(Br)ccc1N1CCCC(OC)C1. The van der Waals surface area contributed by atoms with Crippen molar-refractivity contribution in [2.24, 2.45) is 0 Å². The number of nitrogens with zero attached hydrogens (tertiary/aromatic N) is 1. The zero-order valence-corrected chi connectivity index (χ0v) is 14.9. The topological polar surface area (TPSA) is 24.5 Å². The molecular formula is C17H27BrN2O. The van der Waals surface area contributed by atoms with Gasteiger partial charge in [-0.25, -0.2) is 0 Å². The molecule has 1 aliphatic rings. The molecule has 0 radical (unpaired) electrons. The Kier molecular flexibility index (Phi) is 6.52. The number of ether oxygens (including phenoxy) is 1. The third-order valence-corrected chi connectivity index (χ3v) is 4.70. The Morgan fingerprint density at radius 1 is 1.48 bits per heavy atom. The Morgan fingerprint density at radius 2 is 2.29 bits per heavy atom. The first kappa shape index (κ1) is 16.8. The summed E-state index contributed by atoms with van der Waals surface area (Å²) >= 11 is 3.61. The van der Waals surface area contributed by atoms with E-state index in [2.05, 4.69) is 58.2 Å². The molecule has 0 bridgehead atoms. The van der Waals surface area contributed by atoms with Crippen LogP contribution in [0.2, 0.25) is 0 Å². The quantitative estimate of drug-likeness (QED) is 0.831. The molecule has 1 N–H and O–H groups in total. The molecule has 1 aromatic rings. The van der Waals surface area contributed by atoms with Gasteiger partial charge in [-0.05, 0) is 56.5 Å². The van der Waals surface area contributed by atoms with Crippen molar-refractivity contribution in [1.82, 2.24) is 5.32 Å². The van der Waals surface area contributed by atoms with Crippen molar-refractivity contribution < 1.29 is 4.74 Å². The minimum atomic E-state index is 0.356. The van der Waals surface area contributed by atoms with E-state index in [0.29, 0.717) is 12.1 Å². The summed E-state index contributed by atoms with van der Waals surface area (Å²) in [6, 6.07) is 6.99. The van der Waals surface area contributed by atoms with Crippen LogP contribution < -0.4 is 10.2 Å². The second-order valence-electron chi connectivity index (χ2n) is 5.82. The molecule has 0 aromatic heterocycles.